The Labute approximate surface area is 91.8 Å². The number of hydrogen-bond donors (Lipinski definition) is 1. The van der Waals surface area contributed by atoms with Gasteiger partial charge in [-0.05, 0) is 32.1 Å². The van der Waals surface area contributed by atoms with E-state index >= 15 is 0 Å². The van der Waals surface area contributed by atoms with Crippen molar-refractivity contribution in [1.29, 1.82) is 0 Å². The molecule has 0 aromatic rings. The molecule has 0 aromatic heterocycles. The maximum absolute atomic E-state index is 9.87. The molecule has 1 heterocycles. The topological polar surface area (TPSA) is 42.0 Å². The van der Waals surface area contributed by atoms with E-state index in [0.29, 0.717) is 18.6 Å². The van der Waals surface area contributed by atoms with E-state index in [1.54, 1.807) is 0 Å². The molecule has 2 fully saturated rings. The number of ether oxygens (including phenoxy) is 2. The van der Waals surface area contributed by atoms with Crippen molar-refractivity contribution >= 4 is 0 Å². The summed E-state index contributed by atoms with van der Waals surface area (Å²) in [6.07, 6.45) is 2.81. The zero-order chi connectivity index (χ0) is 11.1. The fraction of sp³-hybridized carbons (Fsp3) is 1.00. The van der Waals surface area contributed by atoms with Gasteiger partial charge in [0, 0.05) is 5.92 Å². The van der Waals surface area contributed by atoms with E-state index in [-0.39, 0.29) is 11.5 Å². The average Bonchev–Trinajstić information content (AvgIpc) is 2.84. The van der Waals surface area contributed by atoms with E-state index in [1.165, 1.54) is 0 Å². The van der Waals surface area contributed by atoms with Crippen LogP contribution in [0.3, 0.4) is 0 Å². The first kappa shape index (κ1) is 11.4. The normalized spacial score (nSPS) is 41.4. The summed E-state index contributed by atoms with van der Waals surface area (Å²) in [4.78, 5) is 0. The van der Waals surface area contributed by atoms with Gasteiger partial charge in [-0.1, -0.05) is 13.8 Å². The van der Waals surface area contributed by atoms with Crippen molar-refractivity contribution < 1.29 is 14.6 Å². The number of fused-ring (bicyclic) bond motifs is 1. The molecule has 1 aliphatic heterocycles. The largest absolute Gasteiger partial charge is 0.368 e. The second kappa shape index (κ2) is 4.04. The molecule has 15 heavy (non-hydrogen) atoms. The van der Waals surface area contributed by atoms with Crippen LogP contribution in [0.25, 0.3) is 0 Å². The van der Waals surface area contributed by atoms with E-state index in [0.717, 1.165) is 19.3 Å². The molecular weight excluding hydrogens is 192 g/mol. The molecule has 1 aliphatic carbocycles. The fourth-order valence-electron chi connectivity index (χ4n) is 2.36. The summed E-state index contributed by atoms with van der Waals surface area (Å²) in [5, 5.41) is 9.87. The summed E-state index contributed by atoms with van der Waals surface area (Å²) < 4.78 is 11.0. The van der Waals surface area contributed by atoms with Crippen molar-refractivity contribution in [3.05, 3.63) is 0 Å². The molecule has 0 bridgehead atoms. The van der Waals surface area contributed by atoms with Gasteiger partial charge in [-0.15, -0.1) is 0 Å². The monoisotopic (exact) mass is 214 g/mol. The van der Waals surface area contributed by atoms with Gasteiger partial charge in [-0.2, -0.15) is 0 Å². The van der Waals surface area contributed by atoms with Gasteiger partial charge in [0.25, 0.3) is 0 Å². The van der Waals surface area contributed by atoms with Crippen molar-refractivity contribution in [2.75, 3.05) is 6.61 Å². The van der Waals surface area contributed by atoms with Gasteiger partial charge in [-0.3, -0.25) is 0 Å². The Hall–Kier alpha value is -0.120. The minimum Gasteiger partial charge on any atom is -0.368 e. The van der Waals surface area contributed by atoms with E-state index < -0.39 is 6.29 Å². The molecular formula is C12H22O3. The van der Waals surface area contributed by atoms with Crippen LogP contribution < -0.4 is 0 Å². The first-order chi connectivity index (χ1) is 7.01. The lowest BCUT2D eigenvalue weighted by Gasteiger charge is -2.27. The van der Waals surface area contributed by atoms with Crippen LogP contribution in [-0.4, -0.2) is 29.7 Å². The Kier molecular flexibility index (Phi) is 3.06. The molecule has 0 radical (unpaired) electrons. The molecule has 3 nitrogen and oxygen atoms in total. The molecule has 0 aromatic carbocycles. The molecule has 1 saturated carbocycles. The Bertz CT molecular complexity index is 229. The van der Waals surface area contributed by atoms with Gasteiger partial charge in [0.2, 0.25) is 0 Å². The van der Waals surface area contributed by atoms with Gasteiger partial charge >= 0.3 is 0 Å². The van der Waals surface area contributed by atoms with Crippen molar-refractivity contribution in [1.82, 2.24) is 0 Å². The Morgan fingerprint density at radius 1 is 1.53 bits per heavy atom. The second-order valence-electron chi connectivity index (χ2n) is 5.57. The van der Waals surface area contributed by atoms with Gasteiger partial charge in [0.1, 0.15) is 0 Å². The lowest BCUT2D eigenvalue weighted by molar-refractivity contribution is -0.146. The first-order valence-corrected chi connectivity index (χ1v) is 5.99. The number of hydrogen-bond acceptors (Lipinski definition) is 3. The van der Waals surface area contributed by atoms with Gasteiger partial charge < -0.3 is 14.6 Å². The third kappa shape index (κ3) is 2.52. The zero-order valence-corrected chi connectivity index (χ0v) is 9.90. The number of epoxide rings is 1. The van der Waals surface area contributed by atoms with E-state index in [2.05, 4.69) is 20.8 Å². The summed E-state index contributed by atoms with van der Waals surface area (Å²) in [7, 11) is 0. The maximum Gasteiger partial charge on any atom is 0.157 e. The molecule has 88 valence electrons. The van der Waals surface area contributed by atoms with Crippen LogP contribution in [0.5, 0.6) is 0 Å². The van der Waals surface area contributed by atoms with E-state index in [4.69, 9.17) is 9.47 Å². The molecule has 4 atom stereocenters. The summed E-state index contributed by atoms with van der Waals surface area (Å²) in [6.45, 7) is 6.99. The maximum atomic E-state index is 9.87. The second-order valence-corrected chi connectivity index (χ2v) is 5.57. The average molecular weight is 214 g/mol. The van der Waals surface area contributed by atoms with Crippen LogP contribution in [0, 0.1) is 11.8 Å². The van der Waals surface area contributed by atoms with E-state index in [9.17, 15) is 5.11 Å². The minimum absolute atomic E-state index is 0.133. The lowest BCUT2D eigenvalue weighted by Crippen LogP contribution is -2.32. The Morgan fingerprint density at radius 2 is 2.27 bits per heavy atom. The SMILES string of the molecule is CC(C)COC(O)C1CCC2(C)OC2C1. The van der Waals surface area contributed by atoms with Crippen LogP contribution in [0.1, 0.15) is 40.0 Å². The molecule has 3 heteroatoms. The molecule has 2 rings (SSSR count). The molecule has 1 saturated heterocycles. The standard InChI is InChI=1S/C12H22O3/c1-8(2)7-14-11(13)9-4-5-12(3)10(6-9)15-12/h8-11,13H,4-7H2,1-3H3. The van der Waals surface area contributed by atoms with Gasteiger partial charge in [0.15, 0.2) is 6.29 Å². The summed E-state index contributed by atoms with van der Waals surface area (Å²) >= 11 is 0. The first-order valence-electron chi connectivity index (χ1n) is 5.99. The molecule has 2 aliphatic rings. The molecule has 0 spiro atoms. The smallest absolute Gasteiger partial charge is 0.157 e. The number of aliphatic hydroxyl groups is 1. The third-order valence-electron chi connectivity index (χ3n) is 3.57. The van der Waals surface area contributed by atoms with Crippen molar-refractivity contribution in [2.45, 2.75) is 58.0 Å². The summed E-state index contributed by atoms with van der Waals surface area (Å²) in [5.74, 6) is 0.745. The highest BCUT2D eigenvalue weighted by atomic mass is 16.6. The minimum atomic E-state index is -0.596. The third-order valence-corrected chi connectivity index (χ3v) is 3.57. The van der Waals surface area contributed by atoms with Gasteiger partial charge in [-0.25, -0.2) is 0 Å². The Balaban J connectivity index is 1.75. The van der Waals surface area contributed by atoms with Gasteiger partial charge in [0.05, 0.1) is 18.3 Å². The molecule has 4 unspecified atom stereocenters. The number of aliphatic hydroxyl groups excluding tert-OH is 1. The van der Waals surface area contributed by atoms with Crippen LogP contribution in [0.15, 0.2) is 0 Å². The van der Waals surface area contributed by atoms with Crippen LogP contribution in [0.4, 0.5) is 0 Å². The highest BCUT2D eigenvalue weighted by Crippen LogP contribution is 2.49. The summed E-state index contributed by atoms with van der Waals surface area (Å²) in [6, 6.07) is 0. The zero-order valence-electron chi connectivity index (χ0n) is 9.90. The highest BCUT2D eigenvalue weighted by molar-refractivity contribution is 5.03. The van der Waals surface area contributed by atoms with Crippen LogP contribution >= 0.6 is 0 Å². The summed E-state index contributed by atoms with van der Waals surface area (Å²) in [5.41, 5.74) is 0.133. The van der Waals surface area contributed by atoms with Crippen molar-refractivity contribution in [3.63, 3.8) is 0 Å². The molecule has 0 amide bonds. The van der Waals surface area contributed by atoms with Crippen molar-refractivity contribution in [2.24, 2.45) is 11.8 Å². The van der Waals surface area contributed by atoms with Crippen LogP contribution in [-0.2, 0) is 9.47 Å². The predicted octanol–water partition coefficient (Wildman–Crippen LogP) is 1.94. The molecule has 1 N–H and O–H groups in total. The van der Waals surface area contributed by atoms with E-state index in [1.807, 2.05) is 0 Å². The lowest BCUT2D eigenvalue weighted by atomic mass is 9.82. The predicted molar refractivity (Wildman–Crippen MR) is 57.4 cm³/mol. The quantitative estimate of drug-likeness (QED) is 0.574. The Morgan fingerprint density at radius 3 is 2.87 bits per heavy atom. The highest BCUT2D eigenvalue weighted by Gasteiger charge is 2.56. The van der Waals surface area contributed by atoms with Crippen LogP contribution in [0.2, 0.25) is 0 Å². The number of rotatable bonds is 4. The van der Waals surface area contributed by atoms with Crippen molar-refractivity contribution in [3.8, 4) is 0 Å². The fourth-order valence-corrected chi connectivity index (χ4v) is 2.36.